The van der Waals surface area contributed by atoms with E-state index in [1.54, 1.807) is 0 Å². The second-order valence-electron chi connectivity index (χ2n) is 4.22. The van der Waals surface area contributed by atoms with Crippen LogP contribution in [0.15, 0.2) is 18.2 Å². The summed E-state index contributed by atoms with van der Waals surface area (Å²) in [6, 6.07) is 1.78. The molecule has 0 spiro atoms. The van der Waals surface area contributed by atoms with Crippen molar-refractivity contribution in [2.75, 3.05) is 25.1 Å². The average molecular weight is 305 g/mol. The van der Waals surface area contributed by atoms with Gasteiger partial charge in [0.1, 0.15) is 5.56 Å². The molecule has 0 radical (unpaired) electrons. The molecule has 0 aliphatic carbocycles. The predicted molar refractivity (Wildman–Crippen MR) is 64.6 cm³/mol. The van der Waals surface area contributed by atoms with Crippen molar-refractivity contribution in [2.24, 2.45) is 0 Å². The summed E-state index contributed by atoms with van der Waals surface area (Å²) in [6.07, 6.45) is -4.89. The molecule has 0 atom stereocenters. The summed E-state index contributed by atoms with van der Waals surface area (Å²) >= 11 is 0. The molecule has 2 rings (SSSR count). The molecule has 1 aliphatic rings. The van der Waals surface area contributed by atoms with Gasteiger partial charge >= 0.3 is 12.2 Å². The van der Waals surface area contributed by atoms with Crippen LogP contribution in [0.3, 0.4) is 0 Å². The lowest BCUT2D eigenvalue weighted by molar-refractivity contribution is -0.388. The number of nitro benzene ring substituents is 1. The minimum atomic E-state index is -4.89. The van der Waals surface area contributed by atoms with Crippen molar-refractivity contribution in [3.63, 3.8) is 0 Å². The average Bonchev–Trinajstić information content (AvgIpc) is 2.40. The van der Waals surface area contributed by atoms with Gasteiger partial charge in [-0.05, 0) is 12.1 Å². The molecule has 1 heterocycles. The smallest absolute Gasteiger partial charge is 0.290 e. The first-order valence-electron chi connectivity index (χ1n) is 5.75. The van der Waals surface area contributed by atoms with Crippen molar-refractivity contribution in [3.8, 4) is 0 Å². The van der Waals surface area contributed by atoms with E-state index in [9.17, 15) is 28.1 Å². The van der Waals surface area contributed by atoms with Crippen LogP contribution in [0, 0.1) is 10.1 Å². The number of anilines is 1. The fourth-order valence-corrected chi connectivity index (χ4v) is 1.91. The van der Waals surface area contributed by atoms with Crippen LogP contribution in [-0.2, 0) is 11.0 Å². The Morgan fingerprint density at radius 2 is 2.05 bits per heavy atom. The van der Waals surface area contributed by atoms with Gasteiger partial charge in [-0.15, -0.1) is 0 Å². The summed E-state index contributed by atoms with van der Waals surface area (Å²) in [4.78, 5) is 27.3. The van der Waals surface area contributed by atoms with Gasteiger partial charge in [0.15, 0.2) is 0 Å². The molecule has 1 saturated heterocycles. The molecule has 0 saturated carbocycles. The zero-order valence-electron chi connectivity index (χ0n) is 10.8. The normalized spacial score (nSPS) is 16.3. The van der Waals surface area contributed by atoms with Gasteiger partial charge in [0.25, 0.3) is 5.69 Å². The molecule has 1 fully saturated rings. The highest BCUT2D eigenvalue weighted by molar-refractivity contribution is 5.92. The molecule has 114 valence electrons. The van der Waals surface area contributed by atoms with E-state index in [2.05, 4.69) is 0 Å². The van der Waals surface area contributed by atoms with Gasteiger partial charge in [-0.3, -0.25) is 19.9 Å². The number of alkyl halides is 3. The van der Waals surface area contributed by atoms with E-state index in [1.165, 1.54) is 7.05 Å². The standard InChI is InChI=1S/C11H10F3N3O4/c1-15-10(18)16(4-5-21-15)7-2-3-9(17(19)20)8(6-7)11(12,13)14/h2-3,6H,4-5H2,1H3. The first-order chi connectivity index (χ1) is 9.71. The predicted octanol–water partition coefficient (Wildman–Crippen LogP) is 2.42. The Kier molecular flexibility index (Phi) is 3.73. The first-order valence-corrected chi connectivity index (χ1v) is 5.75. The van der Waals surface area contributed by atoms with Gasteiger partial charge in [-0.2, -0.15) is 13.2 Å². The van der Waals surface area contributed by atoms with Gasteiger partial charge in [-0.25, -0.2) is 9.86 Å². The van der Waals surface area contributed by atoms with Crippen LogP contribution < -0.4 is 4.90 Å². The van der Waals surface area contributed by atoms with E-state index >= 15 is 0 Å². The number of carbonyl (C=O) groups excluding carboxylic acids is 1. The molecule has 10 heteroatoms. The third kappa shape index (κ3) is 2.89. The second-order valence-corrected chi connectivity index (χ2v) is 4.22. The second kappa shape index (κ2) is 5.20. The minimum Gasteiger partial charge on any atom is -0.290 e. The maximum Gasteiger partial charge on any atom is 0.423 e. The maximum atomic E-state index is 12.9. The molecular formula is C11H10F3N3O4. The van der Waals surface area contributed by atoms with E-state index in [0.717, 1.165) is 22.1 Å². The van der Waals surface area contributed by atoms with Crippen LogP contribution in [0.25, 0.3) is 0 Å². The molecule has 1 aromatic rings. The van der Waals surface area contributed by atoms with Crippen molar-refractivity contribution in [1.82, 2.24) is 5.06 Å². The van der Waals surface area contributed by atoms with E-state index in [1.807, 2.05) is 0 Å². The van der Waals surface area contributed by atoms with Crippen LogP contribution >= 0.6 is 0 Å². The quantitative estimate of drug-likeness (QED) is 0.621. The first kappa shape index (κ1) is 15.0. The van der Waals surface area contributed by atoms with Gasteiger partial charge in [-0.1, -0.05) is 0 Å². The number of carbonyl (C=O) groups is 1. The zero-order valence-corrected chi connectivity index (χ0v) is 10.8. The molecule has 0 aromatic heterocycles. The number of rotatable bonds is 2. The number of nitrogens with zero attached hydrogens (tertiary/aromatic N) is 3. The van der Waals surface area contributed by atoms with Gasteiger partial charge in [0.05, 0.1) is 18.1 Å². The Balaban J connectivity index is 2.47. The fourth-order valence-electron chi connectivity index (χ4n) is 1.91. The number of hydrogen-bond donors (Lipinski definition) is 0. The number of amides is 2. The van der Waals surface area contributed by atoms with Crippen LogP contribution in [0.2, 0.25) is 0 Å². The highest BCUT2D eigenvalue weighted by atomic mass is 19.4. The third-order valence-electron chi connectivity index (χ3n) is 2.89. The highest BCUT2D eigenvalue weighted by Gasteiger charge is 2.39. The lowest BCUT2D eigenvalue weighted by atomic mass is 10.1. The lowest BCUT2D eigenvalue weighted by Crippen LogP contribution is -2.48. The van der Waals surface area contributed by atoms with Crippen molar-refractivity contribution >= 4 is 17.4 Å². The van der Waals surface area contributed by atoms with Crippen molar-refractivity contribution in [3.05, 3.63) is 33.9 Å². The van der Waals surface area contributed by atoms with E-state index in [-0.39, 0.29) is 18.8 Å². The van der Waals surface area contributed by atoms with Crippen LogP contribution in [0.4, 0.5) is 29.3 Å². The highest BCUT2D eigenvalue weighted by Crippen LogP contribution is 2.38. The Morgan fingerprint density at radius 1 is 1.38 bits per heavy atom. The van der Waals surface area contributed by atoms with E-state index in [0.29, 0.717) is 6.07 Å². The van der Waals surface area contributed by atoms with Crippen molar-refractivity contribution in [2.45, 2.75) is 6.18 Å². The summed E-state index contributed by atoms with van der Waals surface area (Å²) in [5, 5.41) is 11.6. The fraction of sp³-hybridized carbons (Fsp3) is 0.364. The summed E-state index contributed by atoms with van der Waals surface area (Å²) in [6.45, 7) is 0.166. The van der Waals surface area contributed by atoms with Crippen LogP contribution in [0.5, 0.6) is 0 Å². The van der Waals surface area contributed by atoms with Gasteiger partial charge < -0.3 is 0 Å². The summed E-state index contributed by atoms with van der Waals surface area (Å²) in [7, 11) is 1.32. The molecule has 1 aliphatic heterocycles. The number of halogens is 3. The number of nitro groups is 1. The molecule has 1 aromatic carbocycles. The summed E-state index contributed by atoms with van der Waals surface area (Å²) in [5.41, 5.74) is -2.53. The monoisotopic (exact) mass is 305 g/mol. The third-order valence-corrected chi connectivity index (χ3v) is 2.89. The molecule has 0 unspecified atom stereocenters. The van der Waals surface area contributed by atoms with Crippen LogP contribution in [-0.4, -0.2) is 36.2 Å². The molecule has 0 N–H and O–H groups in total. The summed E-state index contributed by atoms with van der Waals surface area (Å²) in [5.74, 6) is 0. The number of hydroxylamine groups is 2. The van der Waals surface area contributed by atoms with Crippen molar-refractivity contribution < 1.29 is 27.7 Å². The molecule has 7 nitrogen and oxygen atoms in total. The Hall–Kier alpha value is -2.36. The molecular weight excluding hydrogens is 295 g/mol. The number of hydrogen-bond acceptors (Lipinski definition) is 4. The minimum absolute atomic E-state index is 0.0539. The molecule has 2 amide bonds. The number of benzene rings is 1. The zero-order chi connectivity index (χ0) is 15.8. The van der Waals surface area contributed by atoms with E-state index in [4.69, 9.17) is 4.84 Å². The largest absolute Gasteiger partial charge is 0.423 e. The van der Waals surface area contributed by atoms with Gasteiger partial charge in [0, 0.05) is 18.8 Å². The SMILES string of the molecule is CN1OCCN(c2ccc([N+](=O)[O-])c(C(F)(F)F)c2)C1=O. The Labute approximate surface area is 116 Å². The molecule has 0 bridgehead atoms. The number of urea groups is 1. The van der Waals surface area contributed by atoms with Crippen molar-refractivity contribution in [1.29, 1.82) is 0 Å². The summed E-state index contributed by atoms with van der Waals surface area (Å²) < 4.78 is 38.7. The molecule has 21 heavy (non-hydrogen) atoms. The Bertz CT molecular complexity index is 591. The Morgan fingerprint density at radius 3 is 2.62 bits per heavy atom. The van der Waals surface area contributed by atoms with Crippen LogP contribution in [0.1, 0.15) is 5.56 Å². The van der Waals surface area contributed by atoms with E-state index < -0.39 is 28.4 Å². The topological polar surface area (TPSA) is 75.9 Å². The maximum absolute atomic E-state index is 12.9. The van der Waals surface area contributed by atoms with Gasteiger partial charge in [0.2, 0.25) is 0 Å². The lowest BCUT2D eigenvalue weighted by Gasteiger charge is -2.32.